The van der Waals surface area contributed by atoms with Crippen LogP contribution in [0.25, 0.3) is 0 Å². The normalized spacial score (nSPS) is 10.9. The van der Waals surface area contributed by atoms with Gasteiger partial charge in [0.1, 0.15) is 5.75 Å². The Hall–Kier alpha value is -2.66. The van der Waals surface area contributed by atoms with Crippen LogP contribution in [0.15, 0.2) is 88.1 Å². The molecule has 168 valence electrons. The van der Waals surface area contributed by atoms with Crippen LogP contribution in [0.2, 0.25) is 0 Å². The van der Waals surface area contributed by atoms with Gasteiger partial charge in [-0.25, -0.2) is 0 Å². The Labute approximate surface area is 189 Å². The second kappa shape index (κ2) is 15.2. The van der Waals surface area contributed by atoms with Crippen LogP contribution >= 0.6 is 0 Å². The van der Waals surface area contributed by atoms with Crippen LogP contribution in [0.5, 0.6) is 5.75 Å². The molecule has 0 saturated heterocycles. The molecule has 1 rings (SSSR count). The van der Waals surface area contributed by atoms with E-state index in [4.69, 9.17) is 0 Å². The number of nitrogens with zero attached hydrogens (tertiary/aromatic N) is 3. The van der Waals surface area contributed by atoms with Crippen molar-refractivity contribution in [2.45, 2.75) is 19.6 Å². The summed E-state index contributed by atoms with van der Waals surface area (Å²) in [4.78, 5) is 6.65. The van der Waals surface area contributed by atoms with E-state index in [1.807, 2.05) is 36.5 Å². The van der Waals surface area contributed by atoms with E-state index >= 15 is 0 Å². The van der Waals surface area contributed by atoms with Gasteiger partial charge in [-0.3, -0.25) is 14.7 Å². The molecule has 1 aromatic rings. The Balaban J connectivity index is 3.34. The molecule has 0 aliphatic rings. The molecule has 4 nitrogen and oxygen atoms in total. The quantitative estimate of drug-likeness (QED) is 0.341. The molecule has 4 heteroatoms. The predicted molar refractivity (Wildman–Crippen MR) is 135 cm³/mol. The lowest BCUT2D eigenvalue weighted by molar-refractivity contribution is 0.306. The molecular weight excluding hydrogens is 382 g/mol. The number of hydrogen-bond donors (Lipinski definition) is 1. The molecule has 1 N–H and O–H groups in total. The fourth-order valence-corrected chi connectivity index (χ4v) is 3.61. The smallest absolute Gasteiger partial charge is 0.124 e. The number of benzene rings is 1. The number of hydrogen-bond acceptors (Lipinski definition) is 4. The van der Waals surface area contributed by atoms with Crippen molar-refractivity contribution in [1.29, 1.82) is 0 Å². The van der Waals surface area contributed by atoms with Crippen LogP contribution in [-0.4, -0.2) is 59.1 Å². The van der Waals surface area contributed by atoms with Crippen LogP contribution in [0.4, 0.5) is 0 Å². The molecule has 0 spiro atoms. The van der Waals surface area contributed by atoms with Crippen molar-refractivity contribution in [1.82, 2.24) is 14.7 Å². The molecule has 0 bridgehead atoms. The summed E-state index contributed by atoms with van der Waals surface area (Å²) in [5.41, 5.74) is 2.97. The van der Waals surface area contributed by atoms with Crippen molar-refractivity contribution in [2.24, 2.45) is 0 Å². The highest BCUT2D eigenvalue weighted by Crippen LogP contribution is 2.28. The minimum Gasteiger partial charge on any atom is -0.507 e. The summed E-state index contributed by atoms with van der Waals surface area (Å²) in [6, 6.07) is 4.20. The maximum atomic E-state index is 11.1. The number of rotatable bonds is 18. The molecule has 1 aromatic carbocycles. The van der Waals surface area contributed by atoms with Crippen molar-refractivity contribution < 1.29 is 5.11 Å². The third kappa shape index (κ3) is 9.35. The second-order valence-electron chi connectivity index (χ2n) is 7.58. The third-order valence-corrected chi connectivity index (χ3v) is 4.85. The first-order chi connectivity index (χ1) is 15.0. The molecule has 31 heavy (non-hydrogen) atoms. The maximum absolute atomic E-state index is 11.1. The minimum absolute atomic E-state index is 0.346. The minimum atomic E-state index is 0.346. The molecule has 0 aliphatic carbocycles. The summed E-state index contributed by atoms with van der Waals surface area (Å²) in [5.74, 6) is 0.346. The van der Waals surface area contributed by atoms with E-state index in [0.717, 1.165) is 62.5 Å². The van der Waals surface area contributed by atoms with E-state index < -0.39 is 0 Å². The van der Waals surface area contributed by atoms with Gasteiger partial charge in [-0.15, -0.1) is 39.5 Å². The van der Waals surface area contributed by atoms with Crippen molar-refractivity contribution >= 4 is 0 Å². The third-order valence-electron chi connectivity index (χ3n) is 4.85. The first-order valence-electron chi connectivity index (χ1n) is 10.7. The average Bonchev–Trinajstić information content (AvgIpc) is 2.72. The second-order valence-corrected chi connectivity index (χ2v) is 7.58. The van der Waals surface area contributed by atoms with Crippen molar-refractivity contribution in [3.05, 3.63) is 105 Å². The van der Waals surface area contributed by atoms with Crippen molar-refractivity contribution in [2.75, 3.05) is 39.3 Å². The lowest BCUT2D eigenvalue weighted by Crippen LogP contribution is -2.26. The summed E-state index contributed by atoms with van der Waals surface area (Å²) in [5, 5.41) is 11.1. The Kier molecular flexibility index (Phi) is 12.9. The molecule has 0 saturated carbocycles. The van der Waals surface area contributed by atoms with Gasteiger partial charge in [-0.05, 0) is 17.7 Å². The van der Waals surface area contributed by atoms with Crippen molar-refractivity contribution in [3.8, 4) is 5.75 Å². The zero-order valence-corrected chi connectivity index (χ0v) is 19.0. The van der Waals surface area contributed by atoms with Gasteiger partial charge < -0.3 is 5.11 Å². The van der Waals surface area contributed by atoms with Gasteiger partial charge in [0.15, 0.2) is 0 Å². The Morgan fingerprint density at radius 2 is 0.839 bits per heavy atom. The number of phenols is 1. The maximum Gasteiger partial charge on any atom is 0.124 e. The number of aromatic hydroxyl groups is 1. The van der Waals surface area contributed by atoms with Crippen molar-refractivity contribution in [3.63, 3.8) is 0 Å². The highest BCUT2D eigenvalue weighted by atomic mass is 16.3. The van der Waals surface area contributed by atoms with Crippen LogP contribution in [0, 0.1) is 0 Å². The lowest BCUT2D eigenvalue weighted by Gasteiger charge is -2.25. The Morgan fingerprint density at radius 1 is 0.548 bits per heavy atom. The molecule has 0 heterocycles. The largest absolute Gasteiger partial charge is 0.507 e. The van der Waals surface area contributed by atoms with Gasteiger partial charge in [0.2, 0.25) is 0 Å². The van der Waals surface area contributed by atoms with E-state index in [2.05, 4.69) is 66.3 Å². The molecule has 0 amide bonds. The molecule has 0 atom stereocenters. The summed E-state index contributed by atoms with van der Waals surface area (Å²) in [6.45, 7) is 29.6. The standard InChI is InChI=1S/C27H39N3O/c1-7-13-28(14-8-2)21-24-19-25(22-29(15-9-3)16-10-4)27(31)26(20-24)23-30(17-11-5)18-12-6/h7-12,19-20,31H,1-6,13-18,21-23H2. The number of phenolic OH excluding ortho intramolecular Hbond substituents is 1. The molecule has 0 radical (unpaired) electrons. The van der Waals surface area contributed by atoms with Crippen LogP contribution in [0.1, 0.15) is 16.7 Å². The highest BCUT2D eigenvalue weighted by Gasteiger charge is 2.16. The molecular formula is C27H39N3O. The monoisotopic (exact) mass is 421 g/mol. The molecule has 0 fully saturated rings. The topological polar surface area (TPSA) is 30.0 Å². The van der Waals surface area contributed by atoms with E-state index in [9.17, 15) is 5.11 Å². The summed E-state index contributed by atoms with van der Waals surface area (Å²) >= 11 is 0. The van der Waals surface area contributed by atoms with E-state index in [1.54, 1.807) is 0 Å². The summed E-state index contributed by atoms with van der Waals surface area (Å²) in [7, 11) is 0. The van der Waals surface area contributed by atoms with E-state index in [0.29, 0.717) is 18.8 Å². The first kappa shape index (κ1) is 26.4. The van der Waals surface area contributed by atoms with Gasteiger partial charge in [0.25, 0.3) is 0 Å². The first-order valence-corrected chi connectivity index (χ1v) is 10.7. The fraction of sp³-hybridized carbons (Fsp3) is 0.333. The van der Waals surface area contributed by atoms with Crippen LogP contribution in [0.3, 0.4) is 0 Å². The zero-order chi connectivity index (χ0) is 23.1. The Morgan fingerprint density at radius 3 is 1.13 bits per heavy atom. The van der Waals surface area contributed by atoms with Gasteiger partial charge in [0, 0.05) is 70.0 Å². The summed E-state index contributed by atoms with van der Waals surface area (Å²) < 4.78 is 0. The molecule has 0 aliphatic heterocycles. The Bertz CT molecular complexity index is 676. The van der Waals surface area contributed by atoms with Gasteiger partial charge in [-0.1, -0.05) is 36.5 Å². The zero-order valence-electron chi connectivity index (χ0n) is 19.0. The molecule has 0 aromatic heterocycles. The van der Waals surface area contributed by atoms with Gasteiger partial charge in [0.05, 0.1) is 0 Å². The fourth-order valence-electron chi connectivity index (χ4n) is 3.61. The molecule has 0 unspecified atom stereocenters. The van der Waals surface area contributed by atoms with Gasteiger partial charge in [-0.2, -0.15) is 0 Å². The van der Waals surface area contributed by atoms with Crippen LogP contribution in [-0.2, 0) is 19.6 Å². The lowest BCUT2D eigenvalue weighted by atomic mass is 10.0. The summed E-state index contributed by atoms with van der Waals surface area (Å²) in [6.07, 6.45) is 11.3. The van der Waals surface area contributed by atoms with Gasteiger partial charge >= 0.3 is 0 Å². The SMILES string of the molecule is C=CCN(CC=C)Cc1cc(CN(CC=C)CC=C)c(O)c(CN(CC=C)CC=C)c1. The predicted octanol–water partition coefficient (Wildman–Crippen LogP) is 4.91. The van der Waals surface area contributed by atoms with E-state index in [-0.39, 0.29) is 0 Å². The average molecular weight is 422 g/mol. The van der Waals surface area contributed by atoms with E-state index in [1.165, 1.54) is 0 Å². The highest BCUT2D eigenvalue weighted by molar-refractivity contribution is 5.44. The van der Waals surface area contributed by atoms with Crippen LogP contribution < -0.4 is 0 Å².